The minimum absolute atomic E-state index is 0.165. The van der Waals surface area contributed by atoms with Gasteiger partial charge >= 0.3 is 0 Å². The zero-order chi connectivity index (χ0) is 17.0. The van der Waals surface area contributed by atoms with Crippen LogP contribution in [0.3, 0.4) is 0 Å². The Labute approximate surface area is 145 Å². The quantitative estimate of drug-likeness (QED) is 0.827. The number of ether oxygens (including phenoxy) is 2. The maximum atomic E-state index is 12.3. The number of carbonyl (C=O) groups excluding carboxylic acids is 1. The Balaban J connectivity index is 2.07. The molecule has 2 rings (SSSR count). The summed E-state index contributed by atoms with van der Waals surface area (Å²) in [7, 11) is 1.61. The second-order valence-corrected chi connectivity index (χ2v) is 7.14. The van der Waals surface area contributed by atoms with E-state index in [0.717, 1.165) is 15.2 Å². The number of nitrogens with one attached hydrogen (secondary N) is 1. The van der Waals surface area contributed by atoms with Crippen LogP contribution < -0.4 is 10.1 Å². The molecule has 124 valence electrons. The largest absolute Gasteiger partial charge is 0.481 e. The standard InChI is InChI=1S/C18H22BrNO3/c1-12(17(21)20-18(2,3)11-22-4)23-16-8-6-13-5-7-15(19)9-14(13)10-16/h5-10,12H,11H2,1-4H3,(H,20,21). The van der Waals surface area contributed by atoms with E-state index in [1.165, 1.54) is 0 Å². The predicted octanol–water partition coefficient (Wildman–Crippen LogP) is 3.91. The second-order valence-electron chi connectivity index (χ2n) is 6.22. The molecule has 2 aromatic carbocycles. The maximum Gasteiger partial charge on any atom is 0.261 e. The summed E-state index contributed by atoms with van der Waals surface area (Å²) in [5.74, 6) is 0.504. The predicted molar refractivity (Wildman–Crippen MR) is 95.8 cm³/mol. The number of hydrogen-bond acceptors (Lipinski definition) is 3. The summed E-state index contributed by atoms with van der Waals surface area (Å²) in [5.41, 5.74) is -0.433. The van der Waals surface area contributed by atoms with Crippen LogP contribution >= 0.6 is 15.9 Å². The van der Waals surface area contributed by atoms with E-state index in [0.29, 0.717) is 12.4 Å². The Morgan fingerprint density at radius 1 is 1.22 bits per heavy atom. The zero-order valence-electron chi connectivity index (χ0n) is 13.9. The van der Waals surface area contributed by atoms with Crippen molar-refractivity contribution < 1.29 is 14.3 Å². The summed E-state index contributed by atoms with van der Waals surface area (Å²) in [6.07, 6.45) is -0.587. The molecule has 0 bridgehead atoms. The molecule has 0 aliphatic heterocycles. The van der Waals surface area contributed by atoms with Crippen LogP contribution in [0.1, 0.15) is 20.8 Å². The normalized spacial score (nSPS) is 12.9. The van der Waals surface area contributed by atoms with Gasteiger partial charge in [0.15, 0.2) is 6.10 Å². The lowest BCUT2D eigenvalue weighted by Gasteiger charge is -2.27. The van der Waals surface area contributed by atoms with E-state index >= 15 is 0 Å². The Hall–Kier alpha value is -1.59. The molecule has 4 nitrogen and oxygen atoms in total. The number of halogens is 1. The number of amides is 1. The first-order valence-corrected chi connectivity index (χ1v) is 8.27. The van der Waals surface area contributed by atoms with E-state index < -0.39 is 11.6 Å². The van der Waals surface area contributed by atoms with Crippen LogP contribution in [0.5, 0.6) is 5.75 Å². The minimum atomic E-state index is -0.587. The van der Waals surface area contributed by atoms with E-state index in [-0.39, 0.29) is 5.91 Å². The van der Waals surface area contributed by atoms with Gasteiger partial charge in [0.25, 0.3) is 5.91 Å². The second kappa shape index (κ2) is 7.32. The van der Waals surface area contributed by atoms with Gasteiger partial charge in [-0.05, 0) is 55.8 Å². The van der Waals surface area contributed by atoms with Gasteiger partial charge in [0.1, 0.15) is 5.75 Å². The van der Waals surface area contributed by atoms with Crippen LogP contribution in [0.4, 0.5) is 0 Å². The number of rotatable bonds is 6. The summed E-state index contributed by atoms with van der Waals surface area (Å²) in [5, 5.41) is 5.11. The van der Waals surface area contributed by atoms with Gasteiger partial charge in [0, 0.05) is 11.6 Å². The topological polar surface area (TPSA) is 47.6 Å². The minimum Gasteiger partial charge on any atom is -0.481 e. The van der Waals surface area contributed by atoms with Gasteiger partial charge in [-0.15, -0.1) is 0 Å². The average Bonchev–Trinajstić information content (AvgIpc) is 2.46. The Morgan fingerprint density at radius 3 is 2.61 bits per heavy atom. The van der Waals surface area contributed by atoms with Crippen molar-refractivity contribution in [1.29, 1.82) is 0 Å². The smallest absolute Gasteiger partial charge is 0.261 e. The highest BCUT2D eigenvalue weighted by molar-refractivity contribution is 9.10. The van der Waals surface area contributed by atoms with Crippen LogP contribution in [0.2, 0.25) is 0 Å². The lowest BCUT2D eigenvalue weighted by atomic mass is 10.1. The van der Waals surface area contributed by atoms with Crippen LogP contribution in [0, 0.1) is 0 Å². The molecular weight excluding hydrogens is 358 g/mol. The van der Waals surface area contributed by atoms with Gasteiger partial charge in [-0.1, -0.05) is 28.1 Å². The summed E-state index contributed by atoms with van der Waals surface area (Å²) in [6, 6.07) is 11.8. The van der Waals surface area contributed by atoms with Crippen molar-refractivity contribution in [2.24, 2.45) is 0 Å². The van der Waals surface area contributed by atoms with Gasteiger partial charge in [-0.25, -0.2) is 0 Å². The Bertz CT molecular complexity index is 700. The molecule has 0 aliphatic carbocycles. The SMILES string of the molecule is COCC(C)(C)NC(=O)C(C)Oc1ccc2ccc(Br)cc2c1. The third-order valence-corrected chi connectivity index (χ3v) is 3.92. The van der Waals surface area contributed by atoms with Crippen LogP contribution in [-0.2, 0) is 9.53 Å². The van der Waals surface area contributed by atoms with Gasteiger partial charge in [0.2, 0.25) is 0 Å². The number of fused-ring (bicyclic) bond motifs is 1. The van der Waals surface area contributed by atoms with E-state index in [4.69, 9.17) is 9.47 Å². The molecule has 5 heteroatoms. The molecule has 0 radical (unpaired) electrons. The third-order valence-electron chi connectivity index (χ3n) is 3.42. The van der Waals surface area contributed by atoms with Crippen molar-refractivity contribution in [3.8, 4) is 5.75 Å². The molecule has 2 aromatic rings. The highest BCUT2D eigenvalue weighted by Gasteiger charge is 2.24. The van der Waals surface area contributed by atoms with E-state index in [2.05, 4.69) is 21.2 Å². The van der Waals surface area contributed by atoms with E-state index in [1.807, 2.05) is 50.2 Å². The highest BCUT2D eigenvalue weighted by atomic mass is 79.9. The zero-order valence-corrected chi connectivity index (χ0v) is 15.4. The molecule has 0 heterocycles. The van der Waals surface area contributed by atoms with Crippen molar-refractivity contribution >= 4 is 32.6 Å². The molecule has 1 N–H and O–H groups in total. The fourth-order valence-electron chi connectivity index (χ4n) is 2.36. The third kappa shape index (κ3) is 4.94. The summed E-state index contributed by atoms with van der Waals surface area (Å²) >= 11 is 3.46. The highest BCUT2D eigenvalue weighted by Crippen LogP contribution is 2.24. The molecule has 0 fully saturated rings. The molecule has 0 saturated carbocycles. The van der Waals surface area contributed by atoms with Crippen molar-refractivity contribution in [3.05, 3.63) is 40.9 Å². The number of hydrogen-bond donors (Lipinski definition) is 1. The van der Waals surface area contributed by atoms with Crippen LogP contribution in [0.25, 0.3) is 10.8 Å². The summed E-state index contributed by atoms with van der Waals surface area (Å²) in [6.45, 7) is 6.00. The molecule has 0 saturated heterocycles. The lowest BCUT2D eigenvalue weighted by Crippen LogP contribution is -2.51. The van der Waals surface area contributed by atoms with E-state index in [1.54, 1.807) is 14.0 Å². The molecule has 0 spiro atoms. The summed E-state index contributed by atoms with van der Waals surface area (Å²) in [4.78, 5) is 12.3. The number of carbonyl (C=O) groups is 1. The first-order valence-electron chi connectivity index (χ1n) is 7.48. The fraction of sp³-hybridized carbons (Fsp3) is 0.389. The molecule has 1 unspecified atom stereocenters. The van der Waals surface area contributed by atoms with Gasteiger partial charge in [-0.3, -0.25) is 4.79 Å². The molecular formula is C18H22BrNO3. The molecule has 23 heavy (non-hydrogen) atoms. The van der Waals surface area contributed by atoms with Crippen molar-refractivity contribution in [2.75, 3.05) is 13.7 Å². The maximum absolute atomic E-state index is 12.3. The average molecular weight is 380 g/mol. The van der Waals surface area contributed by atoms with Gasteiger partial charge in [-0.2, -0.15) is 0 Å². The van der Waals surface area contributed by atoms with Crippen molar-refractivity contribution in [2.45, 2.75) is 32.4 Å². The van der Waals surface area contributed by atoms with Gasteiger partial charge < -0.3 is 14.8 Å². The van der Waals surface area contributed by atoms with Crippen LogP contribution in [0.15, 0.2) is 40.9 Å². The molecule has 0 aromatic heterocycles. The van der Waals surface area contributed by atoms with E-state index in [9.17, 15) is 4.79 Å². The summed E-state index contributed by atoms with van der Waals surface area (Å²) < 4.78 is 11.9. The number of methoxy groups -OCH3 is 1. The molecule has 1 amide bonds. The first kappa shape index (κ1) is 17.8. The van der Waals surface area contributed by atoms with Crippen LogP contribution in [-0.4, -0.2) is 31.3 Å². The van der Waals surface area contributed by atoms with Crippen molar-refractivity contribution in [1.82, 2.24) is 5.32 Å². The lowest BCUT2D eigenvalue weighted by molar-refractivity contribution is -0.129. The fourth-order valence-corrected chi connectivity index (χ4v) is 2.74. The van der Waals surface area contributed by atoms with Crippen molar-refractivity contribution in [3.63, 3.8) is 0 Å². The Morgan fingerprint density at radius 2 is 1.91 bits per heavy atom. The molecule has 0 aliphatic rings. The monoisotopic (exact) mass is 379 g/mol. The first-order chi connectivity index (χ1) is 10.8. The molecule has 1 atom stereocenters. The number of benzene rings is 2. The van der Waals surface area contributed by atoms with Gasteiger partial charge in [0.05, 0.1) is 12.1 Å². The Kier molecular flexibility index (Phi) is 5.65.